The molecule has 1 unspecified atom stereocenters. The van der Waals surface area contributed by atoms with Crippen LogP contribution in [0.1, 0.15) is 121 Å². The number of aromatic carboxylic acids is 1. The standard InChI is InChI=1S/C30H39N3O5/c34-25(22-7-4-8-23(12-22)29(36)37)16-31-28(35)26-24(32-27(33-26)21-5-2-1-3-6-21)17-38-30-13-18-9-19(14-30)11-20(10-18)15-30/h4,7-8,12,18-21,25,34H,1-3,5-6,9-11,13-17H2,(H,31,35)(H,32,33)(H,36,37). The Kier molecular flexibility index (Phi) is 7.03. The molecule has 1 atom stereocenters. The number of hydrogen-bond acceptors (Lipinski definition) is 5. The van der Waals surface area contributed by atoms with E-state index in [9.17, 15) is 19.8 Å². The first kappa shape index (κ1) is 25.6. The monoisotopic (exact) mass is 521 g/mol. The minimum atomic E-state index is -1.06. The van der Waals surface area contributed by atoms with Crippen LogP contribution >= 0.6 is 0 Å². The molecule has 0 aliphatic heterocycles. The van der Waals surface area contributed by atoms with Gasteiger partial charge in [-0.05, 0) is 86.8 Å². The van der Waals surface area contributed by atoms with Gasteiger partial charge in [-0.3, -0.25) is 4.79 Å². The maximum absolute atomic E-state index is 13.3. The fourth-order valence-electron chi connectivity index (χ4n) is 7.99. The number of carboxylic acids is 1. The summed E-state index contributed by atoms with van der Waals surface area (Å²) in [5.41, 5.74) is 1.55. The van der Waals surface area contributed by atoms with Gasteiger partial charge in [0.15, 0.2) is 5.69 Å². The highest BCUT2D eigenvalue weighted by atomic mass is 16.5. The predicted octanol–water partition coefficient (Wildman–Crippen LogP) is 5.10. The highest BCUT2D eigenvalue weighted by molar-refractivity contribution is 5.93. The molecular formula is C30H39N3O5. The Labute approximate surface area is 223 Å². The molecule has 1 aromatic heterocycles. The number of benzene rings is 1. The third-order valence-corrected chi connectivity index (χ3v) is 9.48. The number of hydrogen-bond donors (Lipinski definition) is 4. The van der Waals surface area contributed by atoms with E-state index in [1.165, 1.54) is 50.7 Å². The summed E-state index contributed by atoms with van der Waals surface area (Å²) in [4.78, 5) is 32.9. The molecule has 1 aromatic carbocycles. The van der Waals surface area contributed by atoms with E-state index in [0.29, 0.717) is 23.8 Å². The van der Waals surface area contributed by atoms with Gasteiger partial charge in [-0.2, -0.15) is 0 Å². The average molecular weight is 522 g/mol. The number of amides is 1. The van der Waals surface area contributed by atoms with Crippen molar-refractivity contribution >= 4 is 11.9 Å². The highest BCUT2D eigenvalue weighted by Crippen LogP contribution is 2.57. The van der Waals surface area contributed by atoms with Crippen molar-refractivity contribution in [1.82, 2.24) is 15.3 Å². The van der Waals surface area contributed by atoms with E-state index in [4.69, 9.17) is 9.72 Å². The fourth-order valence-corrected chi connectivity index (χ4v) is 7.99. The van der Waals surface area contributed by atoms with Crippen molar-refractivity contribution < 1.29 is 24.5 Å². The lowest BCUT2D eigenvalue weighted by atomic mass is 9.54. The van der Waals surface area contributed by atoms with Gasteiger partial charge in [0, 0.05) is 12.5 Å². The van der Waals surface area contributed by atoms with Gasteiger partial charge in [0.25, 0.3) is 5.91 Å². The number of carbonyl (C=O) groups excluding carboxylic acids is 1. The van der Waals surface area contributed by atoms with Gasteiger partial charge >= 0.3 is 5.97 Å². The van der Waals surface area contributed by atoms with Crippen molar-refractivity contribution in [2.75, 3.05) is 6.54 Å². The molecule has 38 heavy (non-hydrogen) atoms. The van der Waals surface area contributed by atoms with Gasteiger partial charge in [-0.1, -0.05) is 31.4 Å². The summed E-state index contributed by atoms with van der Waals surface area (Å²) in [6.07, 6.45) is 12.2. The van der Waals surface area contributed by atoms with Crippen molar-refractivity contribution in [3.8, 4) is 0 Å². The molecule has 1 heterocycles. The SMILES string of the molecule is O=C(O)c1cccc(C(O)CNC(=O)c2nc(C3CCCCC3)[nH]c2COC23CC4CC(CC(C4)C2)C3)c1. The summed E-state index contributed by atoms with van der Waals surface area (Å²) < 4.78 is 6.69. The zero-order valence-corrected chi connectivity index (χ0v) is 22.0. The first-order valence-electron chi connectivity index (χ1n) is 14.4. The molecule has 5 fully saturated rings. The summed E-state index contributed by atoms with van der Waals surface area (Å²) in [5, 5.41) is 22.7. The summed E-state index contributed by atoms with van der Waals surface area (Å²) in [5.74, 6) is 2.14. The van der Waals surface area contributed by atoms with Crippen molar-refractivity contribution in [1.29, 1.82) is 0 Å². The quantitative estimate of drug-likeness (QED) is 0.364. The van der Waals surface area contributed by atoms with Crippen molar-refractivity contribution in [3.63, 3.8) is 0 Å². The summed E-state index contributed by atoms with van der Waals surface area (Å²) in [6, 6.07) is 6.15. The lowest BCUT2D eigenvalue weighted by Gasteiger charge is -2.56. The number of carboxylic acid groups (broad SMARTS) is 1. The van der Waals surface area contributed by atoms with Crippen LogP contribution in [0.2, 0.25) is 0 Å². The summed E-state index contributed by atoms with van der Waals surface area (Å²) >= 11 is 0. The van der Waals surface area contributed by atoms with Crippen LogP contribution in [0.5, 0.6) is 0 Å². The first-order chi connectivity index (χ1) is 18.4. The van der Waals surface area contributed by atoms with E-state index in [-0.39, 0.29) is 23.6 Å². The maximum atomic E-state index is 13.3. The van der Waals surface area contributed by atoms with E-state index in [1.54, 1.807) is 12.1 Å². The molecule has 1 amide bonds. The maximum Gasteiger partial charge on any atom is 0.335 e. The second kappa shape index (κ2) is 10.5. The van der Waals surface area contributed by atoms with Crippen LogP contribution in [0.25, 0.3) is 0 Å². The normalized spacial score (nSPS) is 29.3. The average Bonchev–Trinajstić information content (AvgIpc) is 3.35. The van der Waals surface area contributed by atoms with E-state index in [0.717, 1.165) is 61.4 Å². The first-order valence-corrected chi connectivity index (χ1v) is 14.4. The van der Waals surface area contributed by atoms with Crippen molar-refractivity contribution in [2.45, 2.75) is 94.9 Å². The Hall–Kier alpha value is -2.71. The largest absolute Gasteiger partial charge is 0.478 e. The van der Waals surface area contributed by atoms with Gasteiger partial charge in [0.1, 0.15) is 5.82 Å². The van der Waals surface area contributed by atoms with Gasteiger partial charge in [0.2, 0.25) is 0 Å². The Balaban J connectivity index is 1.17. The number of aromatic amines is 1. The number of nitrogens with one attached hydrogen (secondary N) is 2. The molecule has 5 aliphatic carbocycles. The number of aliphatic hydroxyl groups excluding tert-OH is 1. The number of imidazole rings is 1. The second-order valence-corrected chi connectivity index (χ2v) is 12.3. The number of carbonyl (C=O) groups is 2. The zero-order valence-electron chi connectivity index (χ0n) is 22.0. The Morgan fingerprint density at radius 2 is 1.76 bits per heavy atom. The Bertz CT molecular complexity index is 1150. The minimum Gasteiger partial charge on any atom is -0.478 e. The van der Waals surface area contributed by atoms with Gasteiger partial charge in [0.05, 0.1) is 29.6 Å². The summed E-state index contributed by atoms with van der Waals surface area (Å²) in [7, 11) is 0. The topological polar surface area (TPSA) is 125 Å². The number of aliphatic hydroxyl groups is 1. The van der Waals surface area contributed by atoms with Crippen LogP contribution < -0.4 is 5.32 Å². The number of ether oxygens (including phenoxy) is 1. The van der Waals surface area contributed by atoms with Gasteiger partial charge in [-0.25, -0.2) is 9.78 Å². The minimum absolute atomic E-state index is 0.0389. The van der Waals surface area contributed by atoms with Crippen LogP contribution in [0.3, 0.4) is 0 Å². The Morgan fingerprint density at radius 1 is 1.08 bits per heavy atom. The molecule has 7 rings (SSSR count). The van der Waals surface area contributed by atoms with E-state index in [2.05, 4.69) is 10.3 Å². The molecule has 4 N–H and O–H groups in total. The second-order valence-electron chi connectivity index (χ2n) is 12.3. The molecule has 5 aliphatic rings. The molecule has 4 bridgehead atoms. The van der Waals surface area contributed by atoms with Crippen LogP contribution in [0.4, 0.5) is 0 Å². The third kappa shape index (κ3) is 5.25. The molecule has 0 saturated heterocycles. The van der Waals surface area contributed by atoms with E-state index >= 15 is 0 Å². The number of nitrogens with zero attached hydrogens (tertiary/aromatic N) is 1. The van der Waals surface area contributed by atoms with E-state index in [1.807, 2.05) is 0 Å². The predicted molar refractivity (Wildman–Crippen MR) is 141 cm³/mol. The molecule has 204 valence electrons. The van der Waals surface area contributed by atoms with Gasteiger partial charge < -0.3 is 25.3 Å². The number of rotatable bonds is 9. The highest BCUT2D eigenvalue weighted by Gasteiger charge is 2.51. The van der Waals surface area contributed by atoms with Crippen molar-refractivity contribution in [3.05, 3.63) is 52.6 Å². The third-order valence-electron chi connectivity index (χ3n) is 9.48. The molecule has 5 saturated carbocycles. The van der Waals surface area contributed by atoms with E-state index < -0.39 is 12.1 Å². The summed E-state index contributed by atoms with van der Waals surface area (Å²) in [6.45, 7) is 0.306. The molecular weight excluding hydrogens is 482 g/mol. The Morgan fingerprint density at radius 3 is 2.42 bits per heavy atom. The number of H-pyrrole nitrogens is 1. The van der Waals surface area contributed by atoms with Crippen LogP contribution in [0.15, 0.2) is 24.3 Å². The van der Waals surface area contributed by atoms with Crippen LogP contribution in [0, 0.1) is 17.8 Å². The lowest BCUT2D eigenvalue weighted by molar-refractivity contribution is -0.169. The van der Waals surface area contributed by atoms with Crippen molar-refractivity contribution in [2.24, 2.45) is 17.8 Å². The van der Waals surface area contributed by atoms with Crippen LogP contribution in [-0.2, 0) is 11.3 Å². The molecule has 8 nitrogen and oxygen atoms in total. The fraction of sp³-hybridized carbons (Fsp3) is 0.633. The molecule has 0 radical (unpaired) electrons. The zero-order chi connectivity index (χ0) is 26.3. The van der Waals surface area contributed by atoms with Crippen LogP contribution in [-0.4, -0.2) is 44.2 Å². The molecule has 0 spiro atoms. The smallest absolute Gasteiger partial charge is 0.335 e. The lowest BCUT2D eigenvalue weighted by Crippen LogP contribution is -2.51. The number of aromatic nitrogens is 2. The van der Waals surface area contributed by atoms with Gasteiger partial charge in [-0.15, -0.1) is 0 Å². The molecule has 8 heteroatoms. The molecule has 2 aromatic rings.